The first kappa shape index (κ1) is 15.2. The molecule has 3 aromatic rings. The number of aromatic hydroxyl groups is 2. The van der Waals surface area contributed by atoms with Crippen LogP contribution >= 0.6 is 0 Å². The maximum Gasteiger partial charge on any atom is 0.204 e. The minimum absolute atomic E-state index is 0.373. The molecule has 3 aromatic carbocycles. The molecule has 120 valence electrons. The van der Waals surface area contributed by atoms with Gasteiger partial charge in [0.2, 0.25) is 5.82 Å². The largest absolute Gasteiger partial charge is 0.507 e. The highest BCUT2D eigenvalue weighted by molar-refractivity contribution is 6.12. The van der Waals surface area contributed by atoms with Crippen LogP contribution in [0.25, 0.3) is 21.5 Å². The molecule has 0 saturated heterocycles. The van der Waals surface area contributed by atoms with Crippen LogP contribution in [-0.2, 0) is 0 Å². The fourth-order valence-corrected chi connectivity index (χ4v) is 2.37. The van der Waals surface area contributed by atoms with Gasteiger partial charge in [0, 0.05) is 16.2 Å². The molecule has 0 aliphatic carbocycles. The minimum Gasteiger partial charge on any atom is -0.507 e. The van der Waals surface area contributed by atoms with E-state index in [4.69, 9.17) is 0 Å². The van der Waals surface area contributed by atoms with E-state index < -0.39 is 73.8 Å². The number of rotatable bonds is 0. The van der Waals surface area contributed by atoms with Gasteiger partial charge in [0.25, 0.3) is 0 Å². The molecule has 0 aliphatic rings. The summed E-state index contributed by atoms with van der Waals surface area (Å²) in [5, 5.41) is 14.2. The normalized spacial score (nSPS) is 11.6. The van der Waals surface area contributed by atoms with Gasteiger partial charge in [-0.05, 0) is 6.07 Å². The highest BCUT2D eigenvalue weighted by Crippen LogP contribution is 2.43. The Labute approximate surface area is 122 Å². The molecule has 0 amide bonds. The smallest absolute Gasteiger partial charge is 0.204 e. The predicted octanol–water partition coefficient (Wildman–Crippen LogP) is 4.38. The number of phenols is 2. The summed E-state index contributed by atoms with van der Waals surface area (Å²) in [4.78, 5) is 0. The summed E-state index contributed by atoms with van der Waals surface area (Å²) in [6, 6.07) is 0.373. The minimum atomic E-state index is -2.34. The van der Waals surface area contributed by atoms with Crippen molar-refractivity contribution in [1.29, 1.82) is 0 Å². The lowest BCUT2D eigenvalue weighted by Gasteiger charge is -2.12. The number of hydrogen-bond acceptors (Lipinski definition) is 2. The van der Waals surface area contributed by atoms with Gasteiger partial charge < -0.3 is 10.2 Å². The van der Waals surface area contributed by atoms with E-state index in [1.807, 2.05) is 0 Å². The van der Waals surface area contributed by atoms with E-state index in [1.54, 1.807) is 0 Å². The Hall–Kier alpha value is -2.71. The second-order valence-corrected chi connectivity index (χ2v) is 4.61. The maximum absolute atomic E-state index is 13.9. The van der Waals surface area contributed by atoms with Crippen molar-refractivity contribution in [2.24, 2.45) is 0 Å². The van der Waals surface area contributed by atoms with Crippen molar-refractivity contribution >= 4 is 21.5 Å². The molecule has 2 N–H and O–H groups in total. The van der Waals surface area contributed by atoms with E-state index in [0.29, 0.717) is 6.07 Å². The zero-order chi connectivity index (χ0) is 17.2. The van der Waals surface area contributed by atoms with Crippen molar-refractivity contribution in [2.45, 2.75) is 0 Å². The highest BCUT2D eigenvalue weighted by atomic mass is 19.2. The van der Waals surface area contributed by atoms with Crippen LogP contribution in [0, 0.1) is 40.7 Å². The van der Waals surface area contributed by atoms with E-state index in [-0.39, 0.29) is 0 Å². The van der Waals surface area contributed by atoms with Gasteiger partial charge in [-0.25, -0.2) is 26.3 Å². The third-order valence-corrected chi connectivity index (χ3v) is 3.39. The van der Waals surface area contributed by atoms with Crippen LogP contribution in [0.1, 0.15) is 0 Å². The Balaban J connectivity index is 2.80. The molecule has 0 radical (unpaired) electrons. The molecule has 0 aliphatic heterocycles. The highest BCUT2D eigenvalue weighted by Gasteiger charge is 2.29. The first-order valence-corrected chi connectivity index (χ1v) is 5.85. The van der Waals surface area contributed by atoms with Gasteiger partial charge in [0.15, 0.2) is 40.7 Å². The zero-order valence-corrected chi connectivity index (χ0v) is 10.6. The maximum atomic E-state index is 13.9. The van der Waals surface area contributed by atoms with Crippen LogP contribution in [0.15, 0.2) is 6.07 Å². The van der Waals surface area contributed by atoms with Crippen LogP contribution in [0.4, 0.5) is 30.7 Å². The Kier molecular flexibility index (Phi) is 3.07. The Morgan fingerprint density at radius 1 is 0.522 bits per heavy atom. The van der Waals surface area contributed by atoms with Gasteiger partial charge in [0.1, 0.15) is 5.75 Å². The van der Waals surface area contributed by atoms with E-state index >= 15 is 0 Å². The standard InChI is InChI=1S/C14H3F7O2/c15-7-4-2(14(23)13(21)12(7)20)1-3(22)5-6(4)9(17)11(19)10(18)8(5)16/h1,22-23H. The van der Waals surface area contributed by atoms with Crippen molar-refractivity contribution in [3.63, 3.8) is 0 Å². The van der Waals surface area contributed by atoms with Crippen LogP contribution in [0.3, 0.4) is 0 Å². The van der Waals surface area contributed by atoms with Gasteiger partial charge in [0.05, 0.1) is 5.39 Å². The average Bonchev–Trinajstić information content (AvgIpc) is 2.53. The molecular weight excluding hydrogens is 333 g/mol. The summed E-state index contributed by atoms with van der Waals surface area (Å²) in [5.41, 5.74) is 0. The third-order valence-electron chi connectivity index (χ3n) is 3.39. The third kappa shape index (κ3) is 1.76. The fourth-order valence-electron chi connectivity index (χ4n) is 2.37. The van der Waals surface area contributed by atoms with Crippen LogP contribution in [0.2, 0.25) is 0 Å². The summed E-state index contributed by atoms with van der Waals surface area (Å²) in [6.07, 6.45) is 0. The van der Waals surface area contributed by atoms with Gasteiger partial charge >= 0.3 is 0 Å². The van der Waals surface area contributed by atoms with E-state index in [1.165, 1.54) is 0 Å². The summed E-state index contributed by atoms with van der Waals surface area (Å²) >= 11 is 0. The molecule has 23 heavy (non-hydrogen) atoms. The molecule has 0 aromatic heterocycles. The number of fused-ring (bicyclic) bond motifs is 3. The molecule has 0 atom stereocenters. The quantitative estimate of drug-likeness (QED) is 0.277. The summed E-state index contributed by atoms with van der Waals surface area (Å²) in [6.45, 7) is 0. The van der Waals surface area contributed by atoms with Crippen LogP contribution in [0.5, 0.6) is 11.5 Å². The van der Waals surface area contributed by atoms with Gasteiger partial charge in [-0.3, -0.25) is 0 Å². The molecule has 0 heterocycles. The first-order chi connectivity index (χ1) is 10.7. The fraction of sp³-hybridized carbons (Fsp3) is 0. The molecule has 2 nitrogen and oxygen atoms in total. The number of phenolic OH excluding ortho intramolecular Hbond substituents is 2. The lowest BCUT2D eigenvalue weighted by Crippen LogP contribution is -2.02. The second kappa shape index (κ2) is 4.64. The Morgan fingerprint density at radius 2 is 0.957 bits per heavy atom. The number of halogens is 7. The van der Waals surface area contributed by atoms with E-state index in [9.17, 15) is 40.9 Å². The first-order valence-electron chi connectivity index (χ1n) is 5.85. The van der Waals surface area contributed by atoms with E-state index in [0.717, 1.165) is 0 Å². The average molecular weight is 336 g/mol. The molecule has 0 saturated carbocycles. The molecule has 0 spiro atoms. The Bertz CT molecular complexity index is 1010. The van der Waals surface area contributed by atoms with Crippen molar-refractivity contribution in [3.05, 3.63) is 46.8 Å². The number of hydrogen-bond donors (Lipinski definition) is 2. The Morgan fingerprint density at radius 3 is 1.52 bits per heavy atom. The van der Waals surface area contributed by atoms with Crippen molar-refractivity contribution in [1.82, 2.24) is 0 Å². The molecule has 3 rings (SSSR count). The summed E-state index contributed by atoms with van der Waals surface area (Å²) in [7, 11) is 0. The molecule has 0 bridgehead atoms. The van der Waals surface area contributed by atoms with Crippen molar-refractivity contribution in [3.8, 4) is 11.5 Å². The topological polar surface area (TPSA) is 40.5 Å². The monoisotopic (exact) mass is 336 g/mol. The lowest BCUT2D eigenvalue weighted by molar-refractivity contribution is 0.394. The summed E-state index contributed by atoms with van der Waals surface area (Å²) < 4.78 is 95.0. The number of benzene rings is 3. The van der Waals surface area contributed by atoms with Gasteiger partial charge in [-0.15, -0.1) is 0 Å². The molecule has 0 fully saturated rings. The second-order valence-electron chi connectivity index (χ2n) is 4.61. The molecule has 0 unspecified atom stereocenters. The lowest BCUT2D eigenvalue weighted by atomic mass is 9.98. The zero-order valence-electron chi connectivity index (χ0n) is 10.6. The SMILES string of the molecule is Oc1c(F)c(F)c(F)c2c1cc(O)c1c(F)c(F)c(F)c(F)c12. The van der Waals surface area contributed by atoms with Crippen LogP contribution < -0.4 is 0 Å². The summed E-state index contributed by atoms with van der Waals surface area (Å²) in [5.74, 6) is -17.9. The van der Waals surface area contributed by atoms with Crippen molar-refractivity contribution in [2.75, 3.05) is 0 Å². The van der Waals surface area contributed by atoms with Gasteiger partial charge in [-0.1, -0.05) is 0 Å². The molecular formula is C14H3F7O2. The molecule has 9 heteroatoms. The van der Waals surface area contributed by atoms with E-state index in [2.05, 4.69) is 0 Å². The predicted molar refractivity (Wildman–Crippen MR) is 64.5 cm³/mol. The van der Waals surface area contributed by atoms with Crippen LogP contribution in [-0.4, -0.2) is 10.2 Å². The van der Waals surface area contributed by atoms with Crippen molar-refractivity contribution < 1.29 is 40.9 Å². The van der Waals surface area contributed by atoms with Gasteiger partial charge in [-0.2, -0.15) is 4.39 Å².